The van der Waals surface area contributed by atoms with Crippen molar-refractivity contribution in [3.05, 3.63) is 95.9 Å². The third-order valence-corrected chi connectivity index (χ3v) is 5.68. The molecule has 0 amide bonds. The number of fused-ring (bicyclic) bond motifs is 1. The van der Waals surface area contributed by atoms with Crippen LogP contribution in [0, 0.1) is 12.7 Å². The number of hydrogen-bond acceptors (Lipinski definition) is 6. The molecule has 0 unspecified atom stereocenters. The summed E-state index contributed by atoms with van der Waals surface area (Å²) in [6.45, 7) is 1.88. The lowest BCUT2D eigenvalue weighted by Gasteiger charge is -2.10. The Labute approximate surface area is 187 Å². The average Bonchev–Trinajstić information content (AvgIpc) is 3.37. The zero-order chi connectivity index (χ0) is 21.9. The molecule has 0 saturated carbocycles. The first-order chi connectivity index (χ1) is 15.7. The molecule has 2 heterocycles. The van der Waals surface area contributed by atoms with Crippen molar-refractivity contribution in [1.29, 1.82) is 0 Å². The maximum atomic E-state index is 13.4. The van der Waals surface area contributed by atoms with Gasteiger partial charge in [0.2, 0.25) is 11.0 Å². The van der Waals surface area contributed by atoms with E-state index in [4.69, 9.17) is 4.74 Å². The molecule has 0 bridgehead atoms. The number of hydrazone groups is 1. The highest BCUT2D eigenvalue weighted by molar-refractivity contribution is 7.22. The van der Waals surface area contributed by atoms with Gasteiger partial charge in [0.1, 0.15) is 11.6 Å². The molecule has 0 aliphatic rings. The van der Waals surface area contributed by atoms with Crippen LogP contribution in [0.15, 0.2) is 84.0 Å². The van der Waals surface area contributed by atoms with Crippen LogP contribution in [-0.4, -0.2) is 21.0 Å². The Hall–Kier alpha value is -4.04. The largest absolute Gasteiger partial charge is 0.438 e. The number of halogens is 1. The van der Waals surface area contributed by atoms with Crippen LogP contribution < -0.4 is 10.2 Å². The number of benzene rings is 3. The molecule has 2 aromatic heterocycles. The Balaban J connectivity index is 1.49. The Morgan fingerprint density at radius 2 is 1.75 bits per heavy atom. The highest BCUT2D eigenvalue weighted by Gasteiger charge is 2.18. The predicted octanol–water partition coefficient (Wildman–Crippen LogP) is 6.17. The van der Waals surface area contributed by atoms with Gasteiger partial charge in [0.05, 0.1) is 33.4 Å². The molecule has 8 heteroatoms. The van der Waals surface area contributed by atoms with Crippen molar-refractivity contribution >= 4 is 32.9 Å². The highest BCUT2D eigenvalue weighted by Crippen LogP contribution is 2.30. The average molecular weight is 444 g/mol. The van der Waals surface area contributed by atoms with Gasteiger partial charge in [-0.1, -0.05) is 41.7 Å². The second kappa shape index (κ2) is 8.60. The number of para-hydroxylation sites is 2. The van der Waals surface area contributed by atoms with Gasteiger partial charge in [-0.05, 0) is 55.5 Å². The van der Waals surface area contributed by atoms with Crippen molar-refractivity contribution in [3.63, 3.8) is 0 Å². The fraction of sp³-hybridized carbons (Fsp3) is 0.0417. The lowest BCUT2D eigenvalue weighted by atomic mass is 10.2. The van der Waals surface area contributed by atoms with E-state index in [1.807, 2.05) is 61.5 Å². The van der Waals surface area contributed by atoms with E-state index in [9.17, 15) is 4.39 Å². The standard InChI is InChI=1S/C24H18FN5OS/c1-16-20(15-26-28-24-27-21-9-5-6-10-22(21)32-24)23(31-19-13-11-17(25)12-14-19)30(29-16)18-7-3-2-4-8-18/h2-15H,1H3,(H,27,28)/b26-15+. The third kappa shape index (κ3) is 4.08. The van der Waals surface area contributed by atoms with Gasteiger partial charge in [-0.25, -0.2) is 9.37 Å². The van der Waals surface area contributed by atoms with Crippen LogP contribution in [0.1, 0.15) is 11.3 Å². The van der Waals surface area contributed by atoms with E-state index in [2.05, 4.69) is 20.6 Å². The first kappa shape index (κ1) is 19.9. The van der Waals surface area contributed by atoms with E-state index in [0.717, 1.165) is 21.6 Å². The molecule has 32 heavy (non-hydrogen) atoms. The summed E-state index contributed by atoms with van der Waals surface area (Å²) in [5.74, 6) is 0.652. The van der Waals surface area contributed by atoms with Crippen LogP contribution in [0.3, 0.4) is 0 Å². The molecular weight excluding hydrogens is 425 g/mol. The molecule has 0 fully saturated rings. The number of aryl methyl sites for hydroxylation is 1. The van der Waals surface area contributed by atoms with E-state index in [1.54, 1.807) is 23.0 Å². The molecule has 0 aliphatic carbocycles. The molecule has 6 nitrogen and oxygen atoms in total. The normalized spacial score (nSPS) is 11.3. The van der Waals surface area contributed by atoms with Crippen molar-refractivity contribution < 1.29 is 9.13 Å². The fourth-order valence-electron chi connectivity index (χ4n) is 3.20. The van der Waals surface area contributed by atoms with Crippen LogP contribution in [0.4, 0.5) is 9.52 Å². The number of aromatic nitrogens is 3. The quantitative estimate of drug-likeness (QED) is 0.252. The molecule has 5 aromatic rings. The maximum Gasteiger partial charge on any atom is 0.231 e. The van der Waals surface area contributed by atoms with Gasteiger partial charge in [0.15, 0.2) is 0 Å². The summed E-state index contributed by atoms with van der Waals surface area (Å²) in [5, 5.41) is 9.70. The number of rotatable bonds is 6. The van der Waals surface area contributed by atoms with E-state index < -0.39 is 0 Å². The molecule has 0 spiro atoms. The molecule has 158 valence electrons. The van der Waals surface area contributed by atoms with Crippen LogP contribution in [-0.2, 0) is 0 Å². The zero-order valence-electron chi connectivity index (χ0n) is 17.1. The minimum Gasteiger partial charge on any atom is -0.438 e. The minimum absolute atomic E-state index is 0.327. The monoisotopic (exact) mass is 443 g/mol. The van der Waals surface area contributed by atoms with Gasteiger partial charge < -0.3 is 4.74 Å². The summed E-state index contributed by atoms with van der Waals surface area (Å²) in [6, 6.07) is 23.4. The summed E-state index contributed by atoms with van der Waals surface area (Å²) in [6.07, 6.45) is 1.66. The maximum absolute atomic E-state index is 13.4. The highest BCUT2D eigenvalue weighted by atomic mass is 32.1. The second-order valence-corrected chi connectivity index (χ2v) is 7.99. The van der Waals surface area contributed by atoms with E-state index in [-0.39, 0.29) is 5.82 Å². The van der Waals surface area contributed by atoms with Gasteiger partial charge in [-0.3, -0.25) is 5.43 Å². The fourth-order valence-corrected chi connectivity index (χ4v) is 4.01. The molecule has 3 aromatic carbocycles. The molecule has 5 rings (SSSR count). The van der Waals surface area contributed by atoms with Crippen molar-refractivity contribution in [1.82, 2.24) is 14.8 Å². The molecule has 1 N–H and O–H groups in total. The van der Waals surface area contributed by atoms with Crippen molar-refractivity contribution in [2.45, 2.75) is 6.92 Å². The van der Waals surface area contributed by atoms with Gasteiger partial charge in [0, 0.05) is 0 Å². The topological polar surface area (TPSA) is 64.3 Å². The van der Waals surface area contributed by atoms with Gasteiger partial charge in [-0.15, -0.1) is 0 Å². The summed E-state index contributed by atoms with van der Waals surface area (Å²) in [7, 11) is 0. The van der Waals surface area contributed by atoms with E-state index >= 15 is 0 Å². The number of ether oxygens (including phenoxy) is 1. The molecule has 0 saturated heterocycles. The Bertz CT molecular complexity index is 1360. The minimum atomic E-state index is -0.327. The van der Waals surface area contributed by atoms with Crippen molar-refractivity contribution in [2.75, 3.05) is 5.43 Å². The summed E-state index contributed by atoms with van der Waals surface area (Å²) in [5.41, 5.74) is 6.19. The second-order valence-electron chi connectivity index (χ2n) is 6.96. The molecular formula is C24H18FN5OS. The number of hydrogen-bond donors (Lipinski definition) is 1. The molecule has 0 aliphatic heterocycles. The predicted molar refractivity (Wildman–Crippen MR) is 126 cm³/mol. The lowest BCUT2D eigenvalue weighted by molar-refractivity contribution is 0.442. The van der Waals surface area contributed by atoms with Crippen LogP contribution >= 0.6 is 11.3 Å². The lowest BCUT2D eigenvalue weighted by Crippen LogP contribution is -2.00. The number of nitrogens with one attached hydrogen (secondary N) is 1. The SMILES string of the molecule is Cc1nn(-c2ccccc2)c(Oc2ccc(F)cc2)c1/C=N/Nc1nc2ccccc2s1. The number of thiazole rings is 1. The first-order valence-electron chi connectivity index (χ1n) is 9.90. The first-order valence-corrected chi connectivity index (χ1v) is 10.7. The number of nitrogens with zero attached hydrogens (tertiary/aromatic N) is 4. The molecule has 0 radical (unpaired) electrons. The Morgan fingerprint density at radius 1 is 1.00 bits per heavy atom. The summed E-state index contributed by atoms with van der Waals surface area (Å²) in [4.78, 5) is 4.52. The van der Waals surface area contributed by atoms with Crippen LogP contribution in [0.2, 0.25) is 0 Å². The summed E-state index contributed by atoms with van der Waals surface area (Å²) >= 11 is 1.52. The van der Waals surface area contributed by atoms with Crippen molar-refractivity contribution in [2.24, 2.45) is 5.10 Å². The Kier molecular flexibility index (Phi) is 5.35. The van der Waals surface area contributed by atoms with Gasteiger partial charge in [-0.2, -0.15) is 14.9 Å². The zero-order valence-corrected chi connectivity index (χ0v) is 17.9. The molecule has 0 atom stereocenters. The van der Waals surface area contributed by atoms with Crippen molar-refractivity contribution in [3.8, 4) is 17.3 Å². The van der Waals surface area contributed by atoms with Crippen LogP contribution in [0.5, 0.6) is 11.6 Å². The smallest absolute Gasteiger partial charge is 0.231 e. The van der Waals surface area contributed by atoms with E-state index in [1.165, 1.54) is 23.5 Å². The van der Waals surface area contributed by atoms with Gasteiger partial charge >= 0.3 is 0 Å². The Morgan fingerprint density at radius 3 is 2.53 bits per heavy atom. The van der Waals surface area contributed by atoms with Crippen LogP contribution in [0.25, 0.3) is 15.9 Å². The van der Waals surface area contributed by atoms with E-state index in [0.29, 0.717) is 22.3 Å². The summed E-state index contributed by atoms with van der Waals surface area (Å²) < 4.78 is 22.3. The third-order valence-electron chi connectivity index (χ3n) is 4.74. The number of anilines is 1. The van der Waals surface area contributed by atoms with Gasteiger partial charge in [0.25, 0.3) is 0 Å².